The third-order valence-corrected chi connectivity index (χ3v) is 5.06. The second kappa shape index (κ2) is 6.80. The normalized spacial score (nSPS) is 11.2. The molecule has 4 nitrogen and oxygen atoms in total. The number of nitrogens with one attached hydrogen (secondary N) is 1. The molecule has 0 atom stereocenters. The van der Waals surface area contributed by atoms with Gasteiger partial charge in [-0.3, -0.25) is 4.79 Å². The standard InChI is InChI=1S/C20H17FN2O2S/c1-13-5-6-16(25-13)11-22-20(24)18-10-19-17(7-8-26-19)23(18)12-14-3-2-4-15(21)9-14/h2-10H,11-12H2,1H3,(H,22,24). The van der Waals surface area contributed by atoms with Crippen LogP contribution in [0, 0.1) is 12.7 Å². The van der Waals surface area contributed by atoms with Gasteiger partial charge in [0.25, 0.3) is 5.91 Å². The molecule has 0 aliphatic heterocycles. The van der Waals surface area contributed by atoms with Gasteiger partial charge in [-0.1, -0.05) is 12.1 Å². The number of fused-ring (bicyclic) bond motifs is 1. The first-order valence-corrected chi connectivity index (χ1v) is 9.13. The molecule has 0 aliphatic carbocycles. The predicted molar refractivity (Wildman–Crippen MR) is 99.9 cm³/mol. The Morgan fingerprint density at radius 2 is 2.12 bits per heavy atom. The summed E-state index contributed by atoms with van der Waals surface area (Å²) in [4.78, 5) is 12.7. The van der Waals surface area contributed by atoms with Gasteiger partial charge >= 0.3 is 0 Å². The van der Waals surface area contributed by atoms with Gasteiger partial charge in [-0.15, -0.1) is 11.3 Å². The monoisotopic (exact) mass is 368 g/mol. The highest BCUT2D eigenvalue weighted by molar-refractivity contribution is 7.17. The zero-order valence-corrected chi connectivity index (χ0v) is 15.0. The van der Waals surface area contributed by atoms with Gasteiger partial charge in [-0.2, -0.15) is 0 Å². The van der Waals surface area contributed by atoms with Crippen LogP contribution in [0.5, 0.6) is 0 Å². The van der Waals surface area contributed by atoms with E-state index in [-0.39, 0.29) is 11.7 Å². The second-order valence-electron chi connectivity index (χ2n) is 6.11. The molecule has 4 aromatic rings. The van der Waals surface area contributed by atoms with E-state index in [1.54, 1.807) is 17.4 Å². The molecular formula is C20H17FN2O2S. The molecule has 3 heterocycles. The molecule has 132 valence electrons. The third kappa shape index (κ3) is 3.28. The van der Waals surface area contributed by atoms with Crippen LogP contribution in [-0.4, -0.2) is 10.5 Å². The van der Waals surface area contributed by atoms with Crippen LogP contribution in [0.2, 0.25) is 0 Å². The van der Waals surface area contributed by atoms with Crippen LogP contribution >= 0.6 is 11.3 Å². The number of aryl methyl sites for hydroxylation is 1. The van der Waals surface area contributed by atoms with E-state index < -0.39 is 0 Å². The highest BCUT2D eigenvalue weighted by atomic mass is 32.1. The van der Waals surface area contributed by atoms with Crippen molar-refractivity contribution in [2.24, 2.45) is 0 Å². The quantitative estimate of drug-likeness (QED) is 0.554. The highest BCUT2D eigenvalue weighted by Gasteiger charge is 2.17. The number of hydrogen-bond donors (Lipinski definition) is 1. The van der Waals surface area contributed by atoms with E-state index in [4.69, 9.17) is 4.42 Å². The molecule has 1 aromatic carbocycles. The zero-order chi connectivity index (χ0) is 18.1. The number of halogens is 1. The van der Waals surface area contributed by atoms with Gasteiger partial charge in [0.05, 0.1) is 16.8 Å². The maximum atomic E-state index is 13.5. The van der Waals surface area contributed by atoms with Crippen LogP contribution in [0.1, 0.15) is 27.6 Å². The van der Waals surface area contributed by atoms with E-state index in [1.165, 1.54) is 12.1 Å². The minimum atomic E-state index is -0.282. The fourth-order valence-electron chi connectivity index (χ4n) is 2.99. The summed E-state index contributed by atoms with van der Waals surface area (Å²) in [5, 5.41) is 4.88. The molecule has 4 rings (SSSR count). The lowest BCUT2D eigenvalue weighted by Gasteiger charge is -2.11. The first-order chi connectivity index (χ1) is 12.6. The highest BCUT2D eigenvalue weighted by Crippen LogP contribution is 2.26. The Bertz CT molecular complexity index is 1080. The largest absolute Gasteiger partial charge is 0.465 e. The van der Waals surface area contributed by atoms with Crippen molar-refractivity contribution in [3.8, 4) is 0 Å². The average Bonchev–Trinajstić information content (AvgIpc) is 3.30. The predicted octanol–water partition coefficient (Wildman–Crippen LogP) is 4.72. The van der Waals surface area contributed by atoms with E-state index in [9.17, 15) is 9.18 Å². The van der Waals surface area contributed by atoms with Crippen LogP contribution in [0.15, 0.2) is 58.3 Å². The van der Waals surface area contributed by atoms with Gasteiger partial charge in [-0.05, 0) is 54.3 Å². The maximum Gasteiger partial charge on any atom is 0.268 e. The summed E-state index contributed by atoms with van der Waals surface area (Å²) in [6.45, 7) is 2.62. The van der Waals surface area contributed by atoms with Crippen molar-refractivity contribution in [1.29, 1.82) is 0 Å². The summed E-state index contributed by atoms with van der Waals surface area (Å²) in [5.74, 6) is 1.06. The van der Waals surface area contributed by atoms with Gasteiger partial charge in [0.1, 0.15) is 23.0 Å². The molecule has 0 radical (unpaired) electrons. The molecule has 26 heavy (non-hydrogen) atoms. The van der Waals surface area contributed by atoms with Gasteiger partial charge < -0.3 is 14.3 Å². The summed E-state index contributed by atoms with van der Waals surface area (Å²) in [6.07, 6.45) is 0. The number of aromatic nitrogens is 1. The minimum Gasteiger partial charge on any atom is -0.465 e. The van der Waals surface area contributed by atoms with Crippen LogP contribution < -0.4 is 5.32 Å². The maximum absolute atomic E-state index is 13.5. The van der Waals surface area contributed by atoms with E-state index in [0.717, 1.165) is 21.5 Å². The van der Waals surface area contributed by atoms with Crippen molar-refractivity contribution in [2.75, 3.05) is 0 Å². The summed E-state index contributed by atoms with van der Waals surface area (Å²) in [7, 11) is 0. The Balaban J connectivity index is 1.61. The van der Waals surface area contributed by atoms with E-state index in [1.807, 2.05) is 47.2 Å². The molecule has 1 N–H and O–H groups in total. The van der Waals surface area contributed by atoms with Gasteiger partial charge in [0, 0.05) is 6.54 Å². The molecule has 0 aliphatic rings. The van der Waals surface area contributed by atoms with Crippen LogP contribution in [0.3, 0.4) is 0 Å². The number of thiophene rings is 1. The Morgan fingerprint density at radius 1 is 1.23 bits per heavy atom. The average molecular weight is 368 g/mol. The molecular weight excluding hydrogens is 351 g/mol. The van der Waals surface area contributed by atoms with Gasteiger partial charge in [-0.25, -0.2) is 4.39 Å². The Morgan fingerprint density at radius 3 is 2.88 bits per heavy atom. The SMILES string of the molecule is Cc1ccc(CNC(=O)c2cc3sccc3n2Cc2cccc(F)c2)o1. The van der Waals surface area contributed by atoms with Crippen molar-refractivity contribution < 1.29 is 13.6 Å². The van der Waals surface area contributed by atoms with Gasteiger partial charge in [0.2, 0.25) is 0 Å². The van der Waals surface area contributed by atoms with Crippen molar-refractivity contribution in [1.82, 2.24) is 9.88 Å². The van der Waals surface area contributed by atoms with E-state index in [0.29, 0.717) is 24.5 Å². The number of amides is 1. The Kier molecular flexibility index (Phi) is 4.34. The molecule has 0 spiro atoms. The lowest BCUT2D eigenvalue weighted by atomic mass is 10.2. The first-order valence-electron chi connectivity index (χ1n) is 8.25. The molecule has 0 unspecified atom stereocenters. The summed E-state index contributed by atoms with van der Waals surface area (Å²) in [6, 6.07) is 14.0. The number of furan rings is 1. The van der Waals surface area contributed by atoms with Crippen LogP contribution in [0.25, 0.3) is 10.2 Å². The fourth-order valence-corrected chi connectivity index (χ4v) is 3.81. The number of carbonyl (C=O) groups is 1. The summed E-state index contributed by atoms with van der Waals surface area (Å²) < 4.78 is 22.0. The van der Waals surface area contributed by atoms with Crippen molar-refractivity contribution in [3.05, 3.63) is 82.5 Å². The molecule has 6 heteroatoms. The zero-order valence-electron chi connectivity index (χ0n) is 14.2. The van der Waals surface area contributed by atoms with Crippen molar-refractivity contribution >= 4 is 27.5 Å². The van der Waals surface area contributed by atoms with Gasteiger partial charge in [0.15, 0.2) is 0 Å². The second-order valence-corrected chi connectivity index (χ2v) is 7.06. The Hall–Kier alpha value is -2.86. The summed E-state index contributed by atoms with van der Waals surface area (Å²) in [5.41, 5.74) is 2.34. The van der Waals surface area contributed by atoms with Crippen LogP contribution in [-0.2, 0) is 13.1 Å². The lowest BCUT2D eigenvalue weighted by molar-refractivity contribution is 0.0939. The number of rotatable bonds is 5. The smallest absolute Gasteiger partial charge is 0.268 e. The number of hydrogen-bond acceptors (Lipinski definition) is 3. The molecule has 1 amide bonds. The topological polar surface area (TPSA) is 47.2 Å². The molecule has 0 fully saturated rings. The molecule has 0 saturated heterocycles. The van der Waals surface area contributed by atoms with E-state index in [2.05, 4.69) is 5.32 Å². The third-order valence-electron chi connectivity index (χ3n) is 4.20. The number of nitrogens with zero attached hydrogens (tertiary/aromatic N) is 1. The molecule has 0 saturated carbocycles. The Labute approximate surface area is 153 Å². The van der Waals surface area contributed by atoms with Crippen molar-refractivity contribution in [3.63, 3.8) is 0 Å². The lowest BCUT2D eigenvalue weighted by Crippen LogP contribution is -2.25. The van der Waals surface area contributed by atoms with E-state index >= 15 is 0 Å². The molecule has 0 bridgehead atoms. The summed E-state index contributed by atoms with van der Waals surface area (Å²) >= 11 is 1.58. The molecule has 3 aromatic heterocycles. The van der Waals surface area contributed by atoms with Crippen molar-refractivity contribution in [2.45, 2.75) is 20.0 Å². The fraction of sp³-hybridized carbons (Fsp3) is 0.150. The first kappa shape index (κ1) is 16.6. The van der Waals surface area contributed by atoms with Crippen LogP contribution in [0.4, 0.5) is 4.39 Å². The minimum absolute atomic E-state index is 0.182. The number of benzene rings is 1. The number of carbonyl (C=O) groups excluding carboxylic acids is 1.